The van der Waals surface area contributed by atoms with Gasteiger partial charge in [-0.05, 0) is 17.7 Å². The maximum absolute atomic E-state index is 11.6. The van der Waals surface area contributed by atoms with Crippen LogP contribution in [0.25, 0.3) is 0 Å². The molecule has 18 heavy (non-hydrogen) atoms. The van der Waals surface area contributed by atoms with Crippen LogP contribution in [0.5, 0.6) is 0 Å². The molecule has 3 nitrogen and oxygen atoms in total. The van der Waals surface area contributed by atoms with Gasteiger partial charge in [-0.1, -0.05) is 48.5 Å². The first kappa shape index (κ1) is 14.2. The van der Waals surface area contributed by atoms with Crippen LogP contribution in [0.15, 0.2) is 60.7 Å². The summed E-state index contributed by atoms with van der Waals surface area (Å²) in [4.78, 5) is 16.7. The van der Waals surface area contributed by atoms with Crippen LogP contribution in [0.1, 0.15) is 15.9 Å². The van der Waals surface area contributed by atoms with Gasteiger partial charge in [-0.2, -0.15) is 0 Å². The zero-order valence-electron chi connectivity index (χ0n) is 9.71. The van der Waals surface area contributed by atoms with Gasteiger partial charge in [0.25, 0.3) is 5.91 Å². The second-order valence-electron chi connectivity index (χ2n) is 3.57. The van der Waals surface area contributed by atoms with E-state index in [0.29, 0.717) is 12.2 Å². The summed E-state index contributed by atoms with van der Waals surface area (Å²) in [5.74, 6) is -0.235. The Morgan fingerprint density at radius 1 is 0.944 bits per heavy atom. The Labute approximate surface area is 112 Å². The van der Waals surface area contributed by atoms with E-state index in [-0.39, 0.29) is 18.3 Å². The van der Waals surface area contributed by atoms with Crippen LogP contribution in [-0.4, -0.2) is 5.91 Å². The monoisotopic (exact) mass is 263 g/mol. The molecule has 94 valence electrons. The van der Waals surface area contributed by atoms with Crippen molar-refractivity contribution in [1.82, 2.24) is 5.48 Å². The minimum atomic E-state index is -0.235. The number of carbonyl (C=O) groups is 1. The summed E-state index contributed by atoms with van der Waals surface area (Å²) in [7, 11) is 0. The van der Waals surface area contributed by atoms with Crippen LogP contribution in [-0.2, 0) is 11.4 Å². The minimum absolute atomic E-state index is 0. The normalized spacial score (nSPS) is 9.33. The summed E-state index contributed by atoms with van der Waals surface area (Å²) in [6, 6.07) is 18.6. The van der Waals surface area contributed by atoms with Crippen molar-refractivity contribution < 1.29 is 9.63 Å². The average molecular weight is 264 g/mol. The van der Waals surface area contributed by atoms with Gasteiger partial charge in [0.1, 0.15) is 0 Å². The van der Waals surface area contributed by atoms with Crippen molar-refractivity contribution in [1.29, 1.82) is 0 Å². The van der Waals surface area contributed by atoms with Crippen molar-refractivity contribution >= 4 is 18.3 Å². The first-order chi connectivity index (χ1) is 8.36. The summed E-state index contributed by atoms with van der Waals surface area (Å²) in [5, 5.41) is 0. The second kappa shape index (κ2) is 7.48. The molecule has 0 aliphatic rings. The fourth-order valence-corrected chi connectivity index (χ4v) is 1.41. The number of hydrogen-bond donors (Lipinski definition) is 1. The number of hydrogen-bond acceptors (Lipinski definition) is 2. The van der Waals surface area contributed by atoms with Crippen molar-refractivity contribution in [3.05, 3.63) is 71.8 Å². The van der Waals surface area contributed by atoms with Crippen LogP contribution in [0.2, 0.25) is 0 Å². The fourth-order valence-electron chi connectivity index (χ4n) is 1.41. The molecule has 0 aliphatic carbocycles. The average Bonchev–Trinajstić information content (AvgIpc) is 2.41. The highest BCUT2D eigenvalue weighted by molar-refractivity contribution is 5.93. The first-order valence-electron chi connectivity index (χ1n) is 5.37. The Bertz CT molecular complexity index is 474. The quantitative estimate of drug-likeness (QED) is 0.862. The molecule has 2 aromatic carbocycles. The zero-order valence-corrected chi connectivity index (χ0v) is 10.5. The summed E-state index contributed by atoms with van der Waals surface area (Å²) in [6.07, 6.45) is 0. The zero-order chi connectivity index (χ0) is 11.9. The number of nitrogens with one attached hydrogen (secondary N) is 1. The molecular formula is C14H14ClNO2. The number of amides is 1. The standard InChI is InChI=1S/C14H13NO2.ClH/c16-14(13-9-5-2-6-10-13)15-17-11-12-7-3-1-4-8-12;/h1-10H,11H2,(H,15,16);1H. The lowest BCUT2D eigenvalue weighted by Crippen LogP contribution is -2.23. The molecule has 0 spiro atoms. The van der Waals surface area contributed by atoms with Crippen LogP contribution >= 0.6 is 12.4 Å². The maximum Gasteiger partial charge on any atom is 0.274 e. The van der Waals surface area contributed by atoms with Crippen molar-refractivity contribution in [3.63, 3.8) is 0 Å². The van der Waals surface area contributed by atoms with Gasteiger partial charge in [-0.3, -0.25) is 9.63 Å². The molecule has 2 rings (SSSR count). The Kier molecular flexibility index (Phi) is 5.91. The molecule has 0 fully saturated rings. The molecule has 0 saturated carbocycles. The van der Waals surface area contributed by atoms with Crippen molar-refractivity contribution in [2.45, 2.75) is 6.61 Å². The Hall–Kier alpha value is -1.84. The third-order valence-electron chi connectivity index (χ3n) is 2.28. The smallest absolute Gasteiger partial charge is 0.269 e. The van der Waals surface area contributed by atoms with Gasteiger partial charge in [0.2, 0.25) is 0 Å². The number of rotatable bonds is 4. The molecule has 0 saturated heterocycles. The molecular weight excluding hydrogens is 250 g/mol. The molecule has 0 heterocycles. The van der Waals surface area contributed by atoms with Crippen LogP contribution in [0, 0.1) is 0 Å². The van der Waals surface area contributed by atoms with E-state index in [0.717, 1.165) is 5.56 Å². The Morgan fingerprint density at radius 3 is 2.11 bits per heavy atom. The Morgan fingerprint density at radius 2 is 1.50 bits per heavy atom. The lowest BCUT2D eigenvalue weighted by molar-refractivity contribution is 0.0233. The van der Waals surface area contributed by atoms with Crippen molar-refractivity contribution in [3.8, 4) is 0 Å². The highest BCUT2D eigenvalue weighted by Gasteiger charge is 2.03. The van der Waals surface area contributed by atoms with Gasteiger partial charge in [0.05, 0.1) is 6.61 Å². The highest BCUT2D eigenvalue weighted by atomic mass is 35.5. The molecule has 0 radical (unpaired) electrons. The van der Waals surface area contributed by atoms with E-state index in [9.17, 15) is 4.79 Å². The van der Waals surface area contributed by atoms with Gasteiger partial charge in [-0.25, -0.2) is 5.48 Å². The summed E-state index contributed by atoms with van der Waals surface area (Å²) in [6.45, 7) is 0.361. The van der Waals surface area contributed by atoms with Crippen LogP contribution in [0.3, 0.4) is 0 Å². The third-order valence-corrected chi connectivity index (χ3v) is 2.28. The highest BCUT2D eigenvalue weighted by Crippen LogP contribution is 2.01. The molecule has 0 unspecified atom stereocenters. The lowest BCUT2D eigenvalue weighted by atomic mass is 10.2. The predicted molar refractivity (Wildman–Crippen MR) is 72.4 cm³/mol. The van der Waals surface area contributed by atoms with Crippen molar-refractivity contribution in [2.75, 3.05) is 0 Å². The van der Waals surface area contributed by atoms with Crippen molar-refractivity contribution in [2.24, 2.45) is 0 Å². The second-order valence-corrected chi connectivity index (χ2v) is 3.57. The van der Waals surface area contributed by atoms with Gasteiger partial charge in [0, 0.05) is 5.56 Å². The topological polar surface area (TPSA) is 38.3 Å². The van der Waals surface area contributed by atoms with Gasteiger partial charge in [-0.15, -0.1) is 12.4 Å². The molecule has 0 aliphatic heterocycles. The molecule has 1 N–H and O–H groups in total. The van der Waals surface area contributed by atoms with E-state index >= 15 is 0 Å². The summed E-state index contributed by atoms with van der Waals surface area (Å²) < 4.78 is 0. The maximum atomic E-state index is 11.6. The molecule has 0 aromatic heterocycles. The minimum Gasteiger partial charge on any atom is -0.269 e. The van der Waals surface area contributed by atoms with Gasteiger partial charge >= 0.3 is 0 Å². The number of benzene rings is 2. The van der Waals surface area contributed by atoms with E-state index in [1.165, 1.54) is 0 Å². The predicted octanol–water partition coefficient (Wildman–Crippen LogP) is 2.97. The van der Waals surface area contributed by atoms with Crippen LogP contribution < -0.4 is 5.48 Å². The van der Waals surface area contributed by atoms with Gasteiger partial charge in [0.15, 0.2) is 0 Å². The largest absolute Gasteiger partial charge is 0.274 e. The van der Waals surface area contributed by atoms with E-state index in [2.05, 4.69) is 5.48 Å². The third kappa shape index (κ3) is 4.20. The molecule has 0 atom stereocenters. The number of halogens is 1. The number of hydroxylamine groups is 1. The van der Waals surface area contributed by atoms with E-state index in [1.807, 2.05) is 48.5 Å². The molecule has 4 heteroatoms. The lowest BCUT2D eigenvalue weighted by Gasteiger charge is -2.05. The molecule has 2 aromatic rings. The van der Waals surface area contributed by atoms with E-state index in [1.54, 1.807) is 12.1 Å². The SMILES string of the molecule is Cl.O=C(NOCc1ccccc1)c1ccccc1. The van der Waals surface area contributed by atoms with Crippen LogP contribution in [0.4, 0.5) is 0 Å². The van der Waals surface area contributed by atoms with E-state index in [4.69, 9.17) is 4.84 Å². The molecule has 1 amide bonds. The fraction of sp³-hybridized carbons (Fsp3) is 0.0714. The molecule has 0 bridgehead atoms. The van der Waals surface area contributed by atoms with Gasteiger partial charge < -0.3 is 0 Å². The summed E-state index contributed by atoms with van der Waals surface area (Å²) in [5.41, 5.74) is 4.01. The Balaban J connectivity index is 0.00000162. The van der Waals surface area contributed by atoms with E-state index < -0.39 is 0 Å². The number of carbonyl (C=O) groups excluding carboxylic acids is 1. The first-order valence-corrected chi connectivity index (χ1v) is 5.37. The summed E-state index contributed by atoms with van der Waals surface area (Å²) >= 11 is 0.